The zero-order valence-corrected chi connectivity index (χ0v) is 11.3. The Kier molecular flexibility index (Phi) is 5.75. The number of nitrogens with two attached hydrogens (primary N) is 1. The van der Waals surface area contributed by atoms with Crippen molar-refractivity contribution in [3.63, 3.8) is 0 Å². The summed E-state index contributed by atoms with van der Waals surface area (Å²) in [5.41, 5.74) is 6.83. The van der Waals surface area contributed by atoms with Crippen LogP contribution in [0.15, 0.2) is 30.3 Å². The number of benzene rings is 1. The summed E-state index contributed by atoms with van der Waals surface area (Å²) in [7, 11) is 0. The van der Waals surface area contributed by atoms with Gasteiger partial charge in [0.2, 0.25) is 5.91 Å². The molecule has 0 bridgehead atoms. The van der Waals surface area contributed by atoms with Gasteiger partial charge in [0.25, 0.3) is 0 Å². The van der Waals surface area contributed by atoms with Crippen LogP contribution >= 0.6 is 12.4 Å². The number of carbonyl (C=O) groups is 1. The Balaban J connectivity index is 0.00000180. The number of carbonyl (C=O) groups excluding carboxylic acids is 1. The molecule has 0 aliphatic carbocycles. The summed E-state index contributed by atoms with van der Waals surface area (Å²) in [4.78, 5) is 13.3. The maximum Gasteiger partial charge on any atom is 0.241 e. The van der Waals surface area contributed by atoms with Gasteiger partial charge in [0, 0.05) is 6.54 Å². The minimum atomic E-state index is -1.13. The van der Waals surface area contributed by atoms with E-state index in [2.05, 4.69) is 0 Å². The third-order valence-electron chi connectivity index (χ3n) is 3.23. The molecule has 1 heterocycles. The topological polar surface area (TPSA) is 86.8 Å². The maximum atomic E-state index is 12.0. The Labute approximate surface area is 118 Å². The maximum absolute atomic E-state index is 12.0. The Morgan fingerprint density at radius 2 is 2.00 bits per heavy atom. The summed E-state index contributed by atoms with van der Waals surface area (Å²) in [6, 6.07) is 8.80. The molecule has 6 heteroatoms. The van der Waals surface area contributed by atoms with Gasteiger partial charge >= 0.3 is 0 Å². The van der Waals surface area contributed by atoms with Crippen LogP contribution in [0.5, 0.6) is 0 Å². The van der Waals surface area contributed by atoms with Crippen LogP contribution in [-0.4, -0.2) is 45.9 Å². The molecule has 5 nitrogen and oxygen atoms in total. The molecule has 1 aromatic carbocycles. The van der Waals surface area contributed by atoms with E-state index in [0.29, 0.717) is 19.4 Å². The fourth-order valence-electron chi connectivity index (χ4n) is 2.17. The van der Waals surface area contributed by atoms with Crippen molar-refractivity contribution in [3.8, 4) is 0 Å². The quantitative estimate of drug-likeness (QED) is 0.724. The molecule has 2 rings (SSSR count). The number of likely N-dealkylation sites (tertiary alicyclic amines) is 1. The highest BCUT2D eigenvalue weighted by Gasteiger charge is 2.36. The van der Waals surface area contributed by atoms with Crippen LogP contribution in [0, 0.1) is 0 Å². The molecule has 4 N–H and O–H groups in total. The molecule has 1 saturated heterocycles. The smallest absolute Gasteiger partial charge is 0.241 e. The van der Waals surface area contributed by atoms with Crippen molar-refractivity contribution in [2.75, 3.05) is 6.54 Å². The van der Waals surface area contributed by atoms with Crippen LogP contribution in [0.4, 0.5) is 0 Å². The van der Waals surface area contributed by atoms with Crippen LogP contribution in [0.3, 0.4) is 0 Å². The van der Waals surface area contributed by atoms with E-state index in [0.717, 1.165) is 5.56 Å². The molecule has 1 fully saturated rings. The van der Waals surface area contributed by atoms with Crippen LogP contribution < -0.4 is 5.73 Å². The van der Waals surface area contributed by atoms with E-state index < -0.39 is 18.4 Å². The minimum absolute atomic E-state index is 0. The van der Waals surface area contributed by atoms with Crippen molar-refractivity contribution in [2.45, 2.75) is 31.2 Å². The Morgan fingerprint density at radius 3 is 2.53 bits per heavy atom. The number of halogens is 1. The highest BCUT2D eigenvalue weighted by molar-refractivity contribution is 5.85. The highest BCUT2D eigenvalue weighted by Crippen LogP contribution is 2.17. The summed E-state index contributed by atoms with van der Waals surface area (Å²) in [5.74, 6) is -0.317. The molecule has 3 atom stereocenters. The van der Waals surface area contributed by atoms with Crippen LogP contribution in [0.25, 0.3) is 0 Å². The molecular formula is C13H19ClN2O3. The zero-order valence-electron chi connectivity index (χ0n) is 10.5. The Morgan fingerprint density at radius 1 is 1.37 bits per heavy atom. The van der Waals surface area contributed by atoms with Gasteiger partial charge in [-0.05, 0) is 18.4 Å². The van der Waals surface area contributed by atoms with E-state index in [1.54, 1.807) is 0 Å². The third-order valence-corrected chi connectivity index (χ3v) is 3.23. The van der Waals surface area contributed by atoms with E-state index in [9.17, 15) is 15.0 Å². The van der Waals surface area contributed by atoms with Gasteiger partial charge in [-0.15, -0.1) is 12.4 Å². The molecular weight excluding hydrogens is 268 g/mol. The number of nitrogens with zero attached hydrogens (tertiary/aromatic N) is 1. The summed E-state index contributed by atoms with van der Waals surface area (Å²) in [5, 5.41) is 19.0. The second kappa shape index (κ2) is 6.86. The molecule has 106 valence electrons. The van der Waals surface area contributed by atoms with Gasteiger partial charge in [0.15, 0.2) is 6.23 Å². The lowest BCUT2D eigenvalue weighted by Crippen LogP contribution is -2.48. The van der Waals surface area contributed by atoms with E-state index >= 15 is 0 Å². The largest absolute Gasteiger partial charge is 0.388 e. The normalized spacial score (nSPS) is 23.8. The van der Waals surface area contributed by atoms with Gasteiger partial charge in [-0.2, -0.15) is 0 Å². The number of hydrogen-bond donors (Lipinski definition) is 3. The van der Waals surface area contributed by atoms with Gasteiger partial charge < -0.3 is 20.8 Å². The monoisotopic (exact) mass is 286 g/mol. The van der Waals surface area contributed by atoms with Crippen LogP contribution in [-0.2, 0) is 11.2 Å². The Hall–Kier alpha value is -1.14. The standard InChI is InChI=1S/C13H18N2O3.ClH/c14-10(8-9-4-2-1-3-5-9)12(17)15-7-6-11(16)13(15)18;/h1-5,10-11,13,16,18H,6-8,14H2;1H. The van der Waals surface area contributed by atoms with Crippen molar-refractivity contribution in [3.05, 3.63) is 35.9 Å². The second-order valence-corrected chi connectivity index (χ2v) is 4.60. The fourth-order valence-corrected chi connectivity index (χ4v) is 2.17. The van der Waals surface area contributed by atoms with Crippen molar-refractivity contribution in [1.82, 2.24) is 4.90 Å². The number of hydrogen-bond acceptors (Lipinski definition) is 4. The van der Waals surface area contributed by atoms with Gasteiger partial charge in [0.1, 0.15) is 6.10 Å². The molecule has 0 aromatic heterocycles. The predicted molar refractivity (Wildman–Crippen MR) is 73.7 cm³/mol. The predicted octanol–water partition coefficient (Wildman–Crippen LogP) is -0.110. The number of aliphatic hydroxyl groups excluding tert-OH is 2. The average molecular weight is 287 g/mol. The van der Waals surface area contributed by atoms with E-state index in [-0.39, 0.29) is 18.3 Å². The average Bonchev–Trinajstić information content (AvgIpc) is 2.70. The summed E-state index contributed by atoms with van der Waals surface area (Å²) < 4.78 is 0. The lowest BCUT2D eigenvalue weighted by molar-refractivity contribution is -0.143. The molecule has 0 radical (unpaired) electrons. The molecule has 3 unspecified atom stereocenters. The molecule has 1 aliphatic rings. The van der Waals surface area contributed by atoms with E-state index in [1.807, 2.05) is 30.3 Å². The SMILES string of the molecule is Cl.NC(Cc1ccccc1)C(=O)N1CCC(O)C1O. The van der Waals surface area contributed by atoms with Gasteiger partial charge in [-0.1, -0.05) is 30.3 Å². The first-order chi connectivity index (χ1) is 8.59. The zero-order chi connectivity index (χ0) is 13.1. The first kappa shape index (κ1) is 15.9. The number of rotatable bonds is 3. The number of amides is 1. The van der Waals surface area contributed by atoms with Gasteiger partial charge in [-0.3, -0.25) is 4.79 Å². The molecule has 1 aromatic rings. The fraction of sp³-hybridized carbons (Fsp3) is 0.462. The number of aliphatic hydroxyl groups is 2. The summed E-state index contributed by atoms with van der Waals surface area (Å²) in [6.07, 6.45) is -1.17. The summed E-state index contributed by atoms with van der Waals surface area (Å²) >= 11 is 0. The van der Waals surface area contributed by atoms with Crippen LogP contribution in [0.2, 0.25) is 0 Å². The lowest BCUT2D eigenvalue weighted by atomic mass is 10.1. The molecule has 1 aliphatic heterocycles. The van der Waals surface area contributed by atoms with E-state index in [4.69, 9.17) is 5.73 Å². The molecule has 0 saturated carbocycles. The molecule has 1 amide bonds. The Bertz CT molecular complexity index is 416. The molecule has 19 heavy (non-hydrogen) atoms. The summed E-state index contributed by atoms with van der Waals surface area (Å²) in [6.45, 7) is 0.351. The van der Waals surface area contributed by atoms with Gasteiger partial charge in [-0.25, -0.2) is 0 Å². The highest BCUT2D eigenvalue weighted by atomic mass is 35.5. The first-order valence-electron chi connectivity index (χ1n) is 6.05. The lowest BCUT2D eigenvalue weighted by Gasteiger charge is -2.24. The van der Waals surface area contributed by atoms with Gasteiger partial charge in [0.05, 0.1) is 6.04 Å². The van der Waals surface area contributed by atoms with Crippen molar-refractivity contribution < 1.29 is 15.0 Å². The third kappa shape index (κ3) is 3.67. The first-order valence-corrected chi connectivity index (χ1v) is 6.05. The van der Waals surface area contributed by atoms with Crippen molar-refractivity contribution in [1.29, 1.82) is 0 Å². The van der Waals surface area contributed by atoms with Crippen molar-refractivity contribution >= 4 is 18.3 Å². The van der Waals surface area contributed by atoms with Crippen LogP contribution in [0.1, 0.15) is 12.0 Å². The second-order valence-electron chi connectivity index (χ2n) is 4.60. The molecule has 0 spiro atoms. The van der Waals surface area contributed by atoms with Crippen molar-refractivity contribution in [2.24, 2.45) is 5.73 Å². The minimum Gasteiger partial charge on any atom is -0.388 e. The van der Waals surface area contributed by atoms with E-state index in [1.165, 1.54) is 4.90 Å².